The van der Waals surface area contributed by atoms with Crippen LogP contribution in [0.1, 0.15) is 45.6 Å². The third-order valence-electron chi connectivity index (χ3n) is 3.60. The second kappa shape index (κ2) is 7.78. The number of para-hydroxylation sites is 1. The molecule has 4 heteroatoms. The zero-order valence-electron chi connectivity index (χ0n) is 13.6. The van der Waals surface area contributed by atoms with Crippen molar-refractivity contribution in [3.05, 3.63) is 36.0 Å². The van der Waals surface area contributed by atoms with Crippen LogP contribution in [0.2, 0.25) is 0 Å². The van der Waals surface area contributed by atoms with E-state index >= 15 is 0 Å². The van der Waals surface area contributed by atoms with E-state index in [4.69, 9.17) is 0 Å². The molecule has 1 aromatic carbocycles. The fourth-order valence-electron chi connectivity index (χ4n) is 2.63. The van der Waals surface area contributed by atoms with E-state index in [9.17, 15) is 4.79 Å². The van der Waals surface area contributed by atoms with Crippen molar-refractivity contribution in [3.63, 3.8) is 0 Å². The Kier molecular flexibility index (Phi) is 5.75. The first-order valence-electron chi connectivity index (χ1n) is 7.93. The van der Waals surface area contributed by atoms with Crippen molar-refractivity contribution in [2.75, 3.05) is 0 Å². The normalized spacial score (nSPS) is 12.1. The molecule has 0 unspecified atom stereocenters. The van der Waals surface area contributed by atoms with Gasteiger partial charge in [0.1, 0.15) is 0 Å². The van der Waals surface area contributed by atoms with E-state index in [1.54, 1.807) is 0 Å². The number of H-pyrrole nitrogens is 1. The molecular formula is C18H25N3O. The Morgan fingerprint density at radius 2 is 2.09 bits per heavy atom. The third-order valence-corrected chi connectivity index (χ3v) is 3.60. The van der Waals surface area contributed by atoms with Gasteiger partial charge < -0.3 is 4.98 Å². The molecule has 118 valence electrons. The van der Waals surface area contributed by atoms with Crippen molar-refractivity contribution in [3.8, 4) is 0 Å². The van der Waals surface area contributed by atoms with E-state index in [0.29, 0.717) is 12.3 Å². The van der Waals surface area contributed by atoms with Gasteiger partial charge in [-0.1, -0.05) is 32.0 Å². The molecule has 0 radical (unpaired) electrons. The largest absolute Gasteiger partial charge is 0.361 e. The predicted octanol–water partition coefficient (Wildman–Crippen LogP) is 4.03. The van der Waals surface area contributed by atoms with Crippen LogP contribution in [0, 0.1) is 5.92 Å². The van der Waals surface area contributed by atoms with Gasteiger partial charge in [-0.15, -0.1) is 0 Å². The second-order valence-corrected chi connectivity index (χ2v) is 6.19. The van der Waals surface area contributed by atoms with Crippen molar-refractivity contribution in [2.24, 2.45) is 11.0 Å². The summed E-state index contributed by atoms with van der Waals surface area (Å²) in [6.07, 6.45) is 5.17. The van der Waals surface area contributed by atoms with Crippen LogP contribution in [0.15, 0.2) is 35.6 Å². The summed E-state index contributed by atoms with van der Waals surface area (Å²) in [5, 5.41) is 5.38. The second-order valence-electron chi connectivity index (χ2n) is 6.19. The molecule has 0 saturated heterocycles. The average molecular weight is 299 g/mol. The fourth-order valence-corrected chi connectivity index (χ4v) is 2.63. The summed E-state index contributed by atoms with van der Waals surface area (Å²) < 4.78 is 0. The van der Waals surface area contributed by atoms with Crippen LogP contribution in [-0.2, 0) is 11.2 Å². The van der Waals surface area contributed by atoms with Gasteiger partial charge in [0.05, 0.1) is 0 Å². The number of nitrogens with one attached hydrogen (secondary N) is 2. The van der Waals surface area contributed by atoms with Crippen molar-refractivity contribution < 1.29 is 4.79 Å². The SMILES string of the molecule is CC(CC(C)C)=NNC(=O)CCCc1c[nH]c2ccccc12. The summed E-state index contributed by atoms with van der Waals surface area (Å²) in [5.41, 5.74) is 6.03. The molecule has 0 aliphatic heterocycles. The lowest BCUT2D eigenvalue weighted by molar-refractivity contribution is -0.121. The van der Waals surface area contributed by atoms with Gasteiger partial charge in [-0.3, -0.25) is 4.79 Å². The Balaban J connectivity index is 1.77. The number of carbonyl (C=O) groups excluding carboxylic acids is 1. The van der Waals surface area contributed by atoms with Gasteiger partial charge in [-0.25, -0.2) is 5.43 Å². The number of hydrazone groups is 1. The number of aromatic amines is 1. The Morgan fingerprint density at radius 3 is 2.86 bits per heavy atom. The highest BCUT2D eigenvalue weighted by atomic mass is 16.2. The molecule has 0 bridgehead atoms. The number of benzene rings is 1. The number of nitrogens with zero attached hydrogens (tertiary/aromatic N) is 1. The van der Waals surface area contributed by atoms with E-state index in [2.05, 4.69) is 41.5 Å². The smallest absolute Gasteiger partial charge is 0.240 e. The number of hydrogen-bond acceptors (Lipinski definition) is 2. The maximum absolute atomic E-state index is 11.8. The first-order valence-corrected chi connectivity index (χ1v) is 7.93. The molecule has 2 rings (SSSR count). The molecule has 1 amide bonds. The van der Waals surface area contributed by atoms with Crippen LogP contribution < -0.4 is 5.43 Å². The number of amides is 1. The zero-order valence-corrected chi connectivity index (χ0v) is 13.6. The Hall–Kier alpha value is -2.10. The van der Waals surface area contributed by atoms with Crippen LogP contribution in [0.3, 0.4) is 0 Å². The molecule has 0 atom stereocenters. The van der Waals surface area contributed by atoms with Crippen LogP contribution >= 0.6 is 0 Å². The maximum atomic E-state index is 11.8. The Labute approximate surface area is 132 Å². The first kappa shape index (κ1) is 16.3. The minimum absolute atomic E-state index is 0.0112. The molecule has 0 aliphatic carbocycles. The van der Waals surface area contributed by atoms with Crippen molar-refractivity contribution >= 4 is 22.5 Å². The molecule has 0 saturated carbocycles. The Morgan fingerprint density at radius 1 is 1.32 bits per heavy atom. The monoisotopic (exact) mass is 299 g/mol. The minimum Gasteiger partial charge on any atom is -0.361 e. The van der Waals surface area contributed by atoms with Crippen molar-refractivity contribution in [1.29, 1.82) is 0 Å². The van der Waals surface area contributed by atoms with Gasteiger partial charge in [0, 0.05) is 29.2 Å². The van der Waals surface area contributed by atoms with E-state index in [-0.39, 0.29) is 5.91 Å². The average Bonchev–Trinajstić information content (AvgIpc) is 2.88. The lowest BCUT2D eigenvalue weighted by Crippen LogP contribution is -2.19. The number of aromatic nitrogens is 1. The molecule has 0 spiro atoms. The van der Waals surface area contributed by atoms with Gasteiger partial charge >= 0.3 is 0 Å². The zero-order chi connectivity index (χ0) is 15.9. The summed E-state index contributed by atoms with van der Waals surface area (Å²) in [5.74, 6) is 0.547. The van der Waals surface area contributed by atoms with Gasteiger partial charge in [0.15, 0.2) is 0 Å². The highest BCUT2D eigenvalue weighted by molar-refractivity contribution is 5.85. The van der Waals surface area contributed by atoms with Gasteiger partial charge in [0.25, 0.3) is 0 Å². The number of hydrogen-bond donors (Lipinski definition) is 2. The summed E-state index contributed by atoms with van der Waals surface area (Å²) in [4.78, 5) is 15.1. The minimum atomic E-state index is -0.0112. The molecule has 0 aliphatic rings. The summed E-state index contributed by atoms with van der Waals surface area (Å²) in [7, 11) is 0. The predicted molar refractivity (Wildman–Crippen MR) is 91.9 cm³/mol. The fraction of sp³-hybridized carbons (Fsp3) is 0.444. The van der Waals surface area contributed by atoms with E-state index in [0.717, 1.165) is 30.5 Å². The van der Waals surface area contributed by atoms with Crippen LogP contribution in [-0.4, -0.2) is 16.6 Å². The number of fused-ring (bicyclic) bond motifs is 1. The van der Waals surface area contributed by atoms with Crippen LogP contribution in [0.25, 0.3) is 10.9 Å². The Bertz CT molecular complexity index is 655. The topological polar surface area (TPSA) is 57.2 Å². The van der Waals surface area contributed by atoms with Crippen LogP contribution in [0.4, 0.5) is 0 Å². The summed E-state index contributed by atoms with van der Waals surface area (Å²) in [6.45, 7) is 6.23. The highest BCUT2D eigenvalue weighted by Crippen LogP contribution is 2.19. The number of carbonyl (C=O) groups is 1. The van der Waals surface area contributed by atoms with Crippen molar-refractivity contribution in [1.82, 2.24) is 10.4 Å². The van der Waals surface area contributed by atoms with E-state index < -0.39 is 0 Å². The lowest BCUT2D eigenvalue weighted by Gasteiger charge is -2.05. The van der Waals surface area contributed by atoms with Gasteiger partial charge in [-0.2, -0.15) is 5.10 Å². The molecule has 1 heterocycles. The van der Waals surface area contributed by atoms with E-state index in [1.807, 2.05) is 25.3 Å². The van der Waals surface area contributed by atoms with Gasteiger partial charge in [0.2, 0.25) is 5.91 Å². The highest BCUT2D eigenvalue weighted by Gasteiger charge is 2.05. The first-order chi connectivity index (χ1) is 10.6. The summed E-state index contributed by atoms with van der Waals surface area (Å²) in [6, 6.07) is 8.24. The molecule has 22 heavy (non-hydrogen) atoms. The molecule has 2 aromatic rings. The molecule has 0 fully saturated rings. The standard InChI is InChI=1S/C18H25N3O/c1-13(2)11-14(3)20-21-18(22)10-6-7-15-12-19-17-9-5-4-8-16(15)17/h4-5,8-9,12-13,19H,6-7,10-11H2,1-3H3,(H,21,22). The number of aryl methyl sites for hydroxylation is 1. The third kappa shape index (κ3) is 4.72. The maximum Gasteiger partial charge on any atom is 0.240 e. The molecule has 1 aromatic heterocycles. The molecule has 2 N–H and O–H groups in total. The van der Waals surface area contributed by atoms with Gasteiger partial charge in [-0.05, 0) is 43.7 Å². The molecular weight excluding hydrogens is 274 g/mol. The van der Waals surface area contributed by atoms with Crippen LogP contribution in [0.5, 0.6) is 0 Å². The number of rotatable bonds is 7. The summed E-state index contributed by atoms with van der Waals surface area (Å²) >= 11 is 0. The quantitative estimate of drug-likeness (QED) is 0.588. The van der Waals surface area contributed by atoms with Crippen molar-refractivity contribution in [2.45, 2.75) is 46.5 Å². The van der Waals surface area contributed by atoms with E-state index in [1.165, 1.54) is 10.9 Å². The lowest BCUT2D eigenvalue weighted by atomic mass is 10.1. The molecule has 4 nitrogen and oxygen atoms in total.